The van der Waals surface area contributed by atoms with Crippen molar-refractivity contribution in [3.05, 3.63) is 175 Å². The van der Waals surface area contributed by atoms with Gasteiger partial charge in [-0.3, -0.25) is 0 Å². The monoisotopic (exact) mass is 847 g/mol. The number of benzene rings is 9. The SMILES string of the molecule is Cc1ccc(N2c3cccc(c3)N(c3ccccc3S(C)(C)C)c3cc(c4ccc5cc(C(C)(C)C)cc6ccc3c4c65)N(c3ccccc3S(C)(C)C)c3cccc2c3)cc1. The lowest BCUT2D eigenvalue weighted by molar-refractivity contribution is 0.591. The van der Waals surface area contributed by atoms with Crippen LogP contribution in [0.3, 0.4) is 0 Å². The minimum atomic E-state index is -1.17. The molecule has 9 aromatic carbocycles. The van der Waals surface area contributed by atoms with E-state index in [9.17, 15) is 0 Å². The molecule has 0 aliphatic carbocycles. The lowest BCUT2D eigenvalue weighted by Gasteiger charge is -2.38. The number of rotatable bonds is 5. The summed E-state index contributed by atoms with van der Waals surface area (Å²) in [6, 6.07) is 62.5. The average Bonchev–Trinajstić information content (AvgIpc) is 3.23. The van der Waals surface area contributed by atoms with Crippen molar-refractivity contribution in [1.82, 2.24) is 0 Å². The first kappa shape index (κ1) is 40.2. The molecule has 0 saturated carbocycles. The second-order valence-corrected chi connectivity index (χ2v) is 27.8. The number of hydrogen-bond acceptors (Lipinski definition) is 3. The van der Waals surface area contributed by atoms with Crippen LogP contribution in [0.25, 0.3) is 32.3 Å². The highest BCUT2D eigenvalue weighted by Crippen LogP contribution is 2.58. The Balaban J connectivity index is 1.43. The lowest BCUT2D eigenvalue weighted by Crippen LogP contribution is -2.19. The van der Waals surface area contributed by atoms with Gasteiger partial charge in [-0.15, -0.1) is 0 Å². The predicted octanol–water partition coefficient (Wildman–Crippen LogP) is 17.0. The van der Waals surface area contributed by atoms with E-state index in [1.807, 2.05) is 0 Å². The molecule has 9 aromatic rings. The Hall–Kier alpha value is -5.88. The highest BCUT2D eigenvalue weighted by Gasteiger charge is 2.30. The number of nitrogens with zero attached hydrogens (tertiary/aromatic N) is 3. The van der Waals surface area contributed by atoms with E-state index in [1.54, 1.807) is 0 Å². The zero-order chi connectivity index (χ0) is 43.3. The molecule has 1 aliphatic rings. The summed E-state index contributed by atoms with van der Waals surface area (Å²) >= 11 is 0. The second-order valence-electron chi connectivity index (χ2n) is 19.6. The summed E-state index contributed by atoms with van der Waals surface area (Å²) < 4.78 is 0. The molecular weight excluding hydrogens is 791 g/mol. The van der Waals surface area contributed by atoms with Gasteiger partial charge in [0.2, 0.25) is 0 Å². The molecule has 3 nitrogen and oxygen atoms in total. The van der Waals surface area contributed by atoms with Gasteiger partial charge in [-0.2, -0.15) is 0 Å². The molecule has 0 unspecified atom stereocenters. The number of anilines is 9. The molecule has 6 bridgehead atoms. The van der Waals surface area contributed by atoms with E-state index >= 15 is 0 Å². The maximum Gasteiger partial charge on any atom is 0.0582 e. The third-order valence-electron chi connectivity index (χ3n) is 12.5. The molecule has 0 aromatic heterocycles. The highest BCUT2D eigenvalue weighted by atomic mass is 32.3. The summed E-state index contributed by atoms with van der Waals surface area (Å²) in [7, 11) is -2.35. The summed E-state index contributed by atoms with van der Waals surface area (Å²) in [6.07, 6.45) is 14.5. The van der Waals surface area contributed by atoms with Crippen LogP contribution in [0.5, 0.6) is 0 Å². The molecule has 0 atom stereocenters. The second kappa shape index (κ2) is 14.6. The Labute approximate surface area is 371 Å². The minimum absolute atomic E-state index is 0.0165. The van der Waals surface area contributed by atoms with Gasteiger partial charge in [0, 0.05) is 54.4 Å². The van der Waals surface area contributed by atoms with E-state index < -0.39 is 20.1 Å². The standard InChI is InChI=1S/C57H57N3S2/c1-38-25-29-42(30-26-38)58-43-17-15-19-45(35-43)59(49-21-11-13-23-53(49)61(5,6)7)51-37-52(60(46-20-16-18-44(58)36-46)50-22-12-14-24-54(50)62(8,9)10)48-32-28-40-34-41(57(2,3)4)33-39-27-31-47(51)56(48)55(39)40/h11-37H,1-10H3. The molecule has 312 valence electrons. The smallest absolute Gasteiger partial charge is 0.0582 e. The van der Waals surface area contributed by atoms with Gasteiger partial charge in [0.15, 0.2) is 0 Å². The molecule has 0 radical (unpaired) electrons. The fourth-order valence-electron chi connectivity index (χ4n) is 9.50. The Morgan fingerprint density at radius 3 is 1.24 bits per heavy atom. The van der Waals surface area contributed by atoms with Crippen LogP contribution in [0.1, 0.15) is 31.9 Å². The summed E-state index contributed by atoms with van der Waals surface area (Å²) in [5.41, 5.74) is 12.9. The molecular formula is C57H57N3S2. The number of fused-ring (bicyclic) bond motifs is 8. The van der Waals surface area contributed by atoms with Crippen LogP contribution in [-0.2, 0) is 5.41 Å². The topological polar surface area (TPSA) is 9.72 Å². The Bertz CT molecular complexity index is 2990. The summed E-state index contributed by atoms with van der Waals surface area (Å²) in [5, 5.41) is 7.67. The van der Waals surface area contributed by atoms with Gasteiger partial charge in [-0.25, -0.2) is 20.1 Å². The third-order valence-corrected chi connectivity index (χ3v) is 15.9. The number of aryl methyl sites for hydroxylation is 1. The van der Waals surface area contributed by atoms with Crippen molar-refractivity contribution in [1.29, 1.82) is 0 Å². The van der Waals surface area contributed by atoms with Crippen LogP contribution in [0.4, 0.5) is 51.2 Å². The molecule has 0 fully saturated rings. The molecule has 1 aliphatic heterocycles. The maximum atomic E-state index is 2.58. The van der Waals surface area contributed by atoms with Crippen LogP contribution in [0.2, 0.25) is 0 Å². The van der Waals surface area contributed by atoms with Gasteiger partial charge in [0.1, 0.15) is 0 Å². The molecule has 1 heterocycles. The van der Waals surface area contributed by atoms with E-state index in [-0.39, 0.29) is 5.41 Å². The van der Waals surface area contributed by atoms with Crippen molar-refractivity contribution >= 4 is 104 Å². The largest absolute Gasteiger partial charge is 0.310 e. The molecule has 0 saturated heterocycles. The van der Waals surface area contributed by atoms with E-state index in [0.29, 0.717) is 0 Å². The van der Waals surface area contributed by atoms with Crippen molar-refractivity contribution in [3.63, 3.8) is 0 Å². The Morgan fingerprint density at radius 1 is 0.371 bits per heavy atom. The van der Waals surface area contributed by atoms with Gasteiger partial charge in [-0.05, 0) is 150 Å². The number of para-hydroxylation sites is 2. The van der Waals surface area contributed by atoms with Crippen LogP contribution in [0, 0.1) is 6.92 Å². The van der Waals surface area contributed by atoms with Crippen LogP contribution in [0.15, 0.2) is 174 Å². The van der Waals surface area contributed by atoms with Gasteiger partial charge in [0.05, 0.1) is 22.7 Å². The molecule has 5 heteroatoms. The van der Waals surface area contributed by atoms with E-state index in [0.717, 1.165) is 28.4 Å². The Morgan fingerprint density at radius 2 is 0.806 bits per heavy atom. The first-order valence-electron chi connectivity index (χ1n) is 21.5. The Kier molecular flexibility index (Phi) is 9.47. The zero-order valence-electron chi connectivity index (χ0n) is 37.7. The molecule has 0 spiro atoms. The van der Waals surface area contributed by atoms with Crippen molar-refractivity contribution in [2.45, 2.75) is 42.9 Å². The molecule has 10 rings (SSSR count). The fourth-order valence-corrected chi connectivity index (χ4v) is 12.0. The van der Waals surface area contributed by atoms with Crippen molar-refractivity contribution in [2.24, 2.45) is 0 Å². The van der Waals surface area contributed by atoms with E-state index in [2.05, 4.69) is 244 Å². The van der Waals surface area contributed by atoms with Gasteiger partial charge in [-0.1, -0.05) is 111 Å². The highest BCUT2D eigenvalue weighted by molar-refractivity contribution is 8.32. The zero-order valence-corrected chi connectivity index (χ0v) is 39.4. The molecule has 62 heavy (non-hydrogen) atoms. The van der Waals surface area contributed by atoms with E-state index in [4.69, 9.17) is 0 Å². The van der Waals surface area contributed by atoms with E-state index in [1.165, 1.54) is 76.0 Å². The van der Waals surface area contributed by atoms with Crippen LogP contribution < -0.4 is 14.7 Å². The maximum absolute atomic E-state index is 2.58. The normalized spacial score (nSPS) is 14.1. The first-order valence-corrected chi connectivity index (χ1v) is 27.3. The predicted molar refractivity (Wildman–Crippen MR) is 278 cm³/mol. The number of hydrogen-bond donors (Lipinski definition) is 0. The third kappa shape index (κ3) is 6.78. The minimum Gasteiger partial charge on any atom is -0.310 e. The van der Waals surface area contributed by atoms with Crippen LogP contribution >= 0.6 is 20.1 Å². The van der Waals surface area contributed by atoms with Crippen LogP contribution in [-0.4, -0.2) is 37.5 Å². The fraction of sp³-hybridized carbons (Fsp3) is 0.193. The first-order chi connectivity index (χ1) is 29.6. The van der Waals surface area contributed by atoms with Gasteiger partial charge < -0.3 is 14.7 Å². The molecule has 0 N–H and O–H groups in total. The van der Waals surface area contributed by atoms with Crippen molar-refractivity contribution in [2.75, 3.05) is 52.2 Å². The van der Waals surface area contributed by atoms with Crippen molar-refractivity contribution in [3.8, 4) is 0 Å². The quantitative estimate of drug-likeness (QED) is 0.160. The summed E-state index contributed by atoms with van der Waals surface area (Å²) in [4.78, 5) is 10.3. The van der Waals surface area contributed by atoms with Gasteiger partial charge >= 0.3 is 0 Å². The summed E-state index contributed by atoms with van der Waals surface area (Å²) in [6.45, 7) is 9.12. The lowest BCUT2D eigenvalue weighted by atomic mass is 9.83. The van der Waals surface area contributed by atoms with Gasteiger partial charge in [0.25, 0.3) is 0 Å². The molecule has 0 amide bonds. The average molecular weight is 848 g/mol. The summed E-state index contributed by atoms with van der Waals surface area (Å²) in [5.74, 6) is 0. The van der Waals surface area contributed by atoms with Crippen molar-refractivity contribution < 1.29 is 0 Å².